The molecule has 0 aliphatic heterocycles. The summed E-state index contributed by atoms with van der Waals surface area (Å²) >= 11 is 0. The van der Waals surface area contributed by atoms with Gasteiger partial charge in [-0.1, -0.05) is 6.08 Å². The summed E-state index contributed by atoms with van der Waals surface area (Å²) in [4.78, 5) is 12.1. The molecule has 0 spiro atoms. The summed E-state index contributed by atoms with van der Waals surface area (Å²) in [6, 6.07) is 2.00. The lowest BCUT2D eigenvalue weighted by molar-refractivity contribution is -0.126. The highest BCUT2D eigenvalue weighted by molar-refractivity contribution is 5.88. The minimum atomic E-state index is -0.0579. The van der Waals surface area contributed by atoms with E-state index in [4.69, 9.17) is 4.42 Å². The summed E-state index contributed by atoms with van der Waals surface area (Å²) in [5, 5.41) is 0. The molecule has 16 heavy (non-hydrogen) atoms. The number of furan rings is 1. The van der Waals surface area contributed by atoms with Gasteiger partial charge in [-0.25, -0.2) is 0 Å². The molecule has 1 aromatic rings. The molecule has 0 amide bonds. The van der Waals surface area contributed by atoms with E-state index in [1.807, 2.05) is 12.1 Å². The zero-order valence-electron chi connectivity index (χ0n) is 9.37. The fraction of sp³-hybridized carbons (Fsp3) is 0.500. The molecule has 2 aliphatic rings. The van der Waals surface area contributed by atoms with Crippen molar-refractivity contribution in [2.75, 3.05) is 0 Å². The summed E-state index contributed by atoms with van der Waals surface area (Å²) in [5.74, 6) is 1.19. The van der Waals surface area contributed by atoms with Crippen LogP contribution in [0.3, 0.4) is 0 Å². The first-order valence-corrected chi connectivity index (χ1v) is 5.99. The van der Waals surface area contributed by atoms with Gasteiger partial charge in [-0.2, -0.15) is 0 Å². The standard InChI is InChI=1S/C14H16O2/c1-2-14-7-3-4-11(15)12(14)13-10(5-8-14)6-9-16-13/h2,6,9,12H,1,3-5,7-8H2/t12-,14+/m0/s1. The Balaban J connectivity index is 2.13. The van der Waals surface area contributed by atoms with Crippen LogP contribution in [0, 0.1) is 5.41 Å². The molecule has 0 unspecified atom stereocenters. The van der Waals surface area contributed by atoms with Gasteiger partial charge in [0.25, 0.3) is 0 Å². The SMILES string of the molecule is C=C[C@]12CCCC(=O)[C@H]1c1occc1CC2. The molecular weight excluding hydrogens is 200 g/mol. The van der Waals surface area contributed by atoms with Gasteiger partial charge < -0.3 is 4.42 Å². The Bertz CT molecular complexity index is 443. The maximum Gasteiger partial charge on any atom is 0.144 e. The number of fused-ring (bicyclic) bond motifs is 3. The lowest BCUT2D eigenvalue weighted by Gasteiger charge is -2.43. The molecule has 2 aliphatic carbocycles. The summed E-state index contributed by atoms with van der Waals surface area (Å²) < 4.78 is 5.55. The molecule has 0 aromatic carbocycles. The van der Waals surface area contributed by atoms with Crippen molar-refractivity contribution in [3.05, 3.63) is 36.3 Å². The van der Waals surface area contributed by atoms with Crippen molar-refractivity contribution in [1.82, 2.24) is 0 Å². The zero-order chi connectivity index (χ0) is 11.2. The third-order valence-corrected chi connectivity index (χ3v) is 4.27. The molecule has 1 heterocycles. The van der Waals surface area contributed by atoms with Crippen molar-refractivity contribution in [1.29, 1.82) is 0 Å². The van der Waals surface area contributed by atoms with E-state index in [9.17, 15) is 4.79 Å². The lowest BCUT2D eigenvalue weighted by atomic mass is 9.59. The van der Waals surface area contributed by atoms with E-state index in [1.165, 1.54) is 5.56 Å². The molecular formula is C14H16O2. The predicted octanol–water partition coefficient (Wildman–Crippen LogP) is 3.23. The number of rotatable bonds is 1. The van der Waals surface area contributed by atoms with Crippen LogP contribution in [-0.2, 0) is 11.2 Å². The molecule has 0 saturated heterocycles. The Hall–Kier alpha value is -1.31. The molecule has 1 fully saturated rings. The Kier molecular flexibility index (Phi) is 2.06. The number of hydrogen-bond donors (Lipinski definition) is 0. The number of aryl methyl sites for hydroxylation is 1. The van der Waals surface area contributed by atoms with Crippen LogP contribution in [0.25, 0.3) is 0 Å². The molecule has 2 nitrogen and oxygen atoms in total. The van der Waals surface area contributed by atoms with Gasteiger partial charge in [0.1, 0.15) is 11.5 Å². The van der Waals surface area contributed by atoms with E-state index in [0.717, 1.165) is 31.4 Å². The summed E-state index contributed by atoms with van der Waals surface area (Å²) in [6.45, 7) is 3.96. The van der Waals surface area contributed by atoms with Crippen LogP contribution in [0.1, 0.15) is 42.9 Å². The molecule has 0 bridgehead atoms. The van der Waals surface area contributed by atoms with Crippen LogP contribution in [0.4, 0.5) is 0 Å². The van der Waals surface area contributed by atoms with Crippen LogP contribution in [0.15, 0.2) is 29.4 Å². The minimum Gasteiger partial charge on any atom is -0.468 e. The van der Waals surface area contributed by atoms with Crippen molar-refractivity contribution < 1.29 is 9.21 Å². The van der Waals surface area contributed by atoms with Crippen molar-refractivity contribution >= 4 is 5.78 Å². The first kappa shape index (κ1) is 9.88. The topological polar surface area (TPSA) is 30.2 Å². The molecule has 0 N–H and O–H groups in total. The molecule has 1 aromatic heterocycles. The van der Waals surface area contributed by atoms with Crippen molar-refractivity contribution in [2.45, 2.75) is 38.0 Å². The van der Waals surface area contributed by atoms with Gasteiger partial charge in [-0.15, -0.1) is 6.58 Å². The fourth-order valence-electron chi connectivity index (χ4n) is 3.37. The quantitative estimate of drug-likeness (QED) is 0.674. The number of carbonyl (C=O) groups excluding carboxylic acids is 1. The molecule has 1 saturated carbocycles. The molecule has 0 radical (unpaired) electrons. The van der Waals surface area contributed by atoms with E-state index in [-0.39, 0.29) is 11.3 Å². The zero-order valence-corrected chi connectivity index (χ0v) is 9.37. The van der Waals surface area contributed by atoms with Gasteiger partial charge in [0, 0.05) is 11.8 Å². The summed E-state index contributed by atoms with van der Waals surface area (Å²) in [6.07, 6.45) is 8.54. The normalized spacial score (nSPS) is 33.0. The molecule has 84 valence electrons. The predicted molar refractivity (Wildman–Crippen MR) is 61.3 cm³/mol. The highest BCUT2D eigenvalue weighted by Gasteiger charge is 2.48. The average Bonchev–Trinajstić information content (AvgIpc) is 2.76. The van der Waals surface area contributed by atoms with Gasteiger partial charge in [-0.3, -0.25) is 4.79 Å². The van der Waals surface area contributed by atoms with E-state index in [0.29, 0.717) is 12.2 Å². The summed E-state index contributed by atoms with van der Waals surface area (Å²) in [5.41, 5.74) is 1.19. The summed E-state index contributed by atoms with van der Waals surface area (Å²) in [7, 11) is 0. The smallest absolute Gasteiger partial charge is 0.144 e. The number of carbonyl (C=O) groups is 1. The van der Waals surface area contributed by atoms with Crippen LogP contribution in [0.2, 0.25) is 0 Å². The third-order valence-electron chi connectivity index (χ3n) is 4.27. The van der Waals surface area contributed by atoms with Gasteiger partial charge in [0.05, 0.1) is 12.2 Å². The average molecular weight is 216 g/mol. The fourth-order valence-corrected chi connectivity index (χ4v) is 3.37. The highest BCUT2D eigenvalue weighted by atomic mass is 16.3. The first-order valence-electron chi connectivity index (χ1n) is 5.99. The number of allylic oxidation sites excluding steroid dienone is 1. The van der Waals surface area contributed by atoms with E-state index in [2.05, 4.69) is 6.58 Å². The number of hydrogen-bond acceptors (Lipinski definition) is 2. The molecule has 2 heteroatoms. The van der Waals surface area contributed by atoms with Crippen molar-refractivity contribution in [3.63, 3.8) is 0 Å². The van der Waals surface area contributed by atoms with Crippen LogP contribution < -0.4 is 0 Å². The Morgan fingerprint density at radius 3 is 3.12 bits per heavy atom. The monoisotopic (exact) mass is 216 g/mol. The maximum atomic E-state index is 12.1. The van der Waals surface area contributed by atoms with E-state index in [1.54, 1.807) is 6.26 Å². The van der Waals surface area contributed by atoms with Crippen molar-refractivity contribution in [2.24, 2.45) is 5.41 Å². The first-order chi connectivity index (χ1) is 7.77. The molecule has 3 rings (SSSR count). The van der Waals surface area contributed by atoms with Crippen LogP contribution >= 0.6 is 0 Å². The van der Waals surface area contributed by atoms with E-state index >= 15 is 0 Å². The second-order valence-electron chi connectivity index (χ2n) is 5.00. The largest absolute Gasteiger partial charge is 0.468 e. The van der Waals surface area contributed by atoms with E-state index < -0.39 is 0 Å². The van der Waals surface area contributed by atoms with Crippen molar-refractivity contribution in [3.8, 4) is 0 Å². The van der Waals surface area contributed by atoms with Gasteiger partial charge >= 0.3 is 0 Å². The minimum absolute atomic E-state index is 0.0276. The number of ketones is 1. The van der Waals surface area contributed by atoms with Gasteiger partial charge in [0.2, 0.25) is 0 Å². The Morgan fingerprint density at radius 2 is 2.31 bits per heavy atom. The van der Waals surface area contributed by atoms with Gasteiger partial charge in [0.15, 0.2) is 0 Å². The maximum absolute atomic E-state index is 12.1. The molecule has 2 atom stereocenters. The number of Topliss-reactive ketones (excluding diaryl/α,β-unsaturated/α-hetero) is 1. The second-order valence-corrected chi connectivity index (χ2v) is 5.00. The van der Waals surface area contributed by atoms with Crippen LogP contribution in [-0.4, -0.2) is 5.78 Å². The van der Waals surface area contributed by atoms with Gasteiger partial charge in [-0.05, 0) is 37.3 Å². The third kappa shape index (κ3) is 1.16. The Morgan fingerprint density at radius 1 is 1.44 bits per heavy atom. The van der Waals surface area contributed by atoms with Crippen LogP contribution in [0.5, 0.6) is 0 Å². The second kappa shape index (κ2) is 3.34. The Labute approximate surface area is 95.3 Å². The lowest BCUT2D eigenvalue weighted by Crippen LogP contribution is -2.39. The highest BCUT2D eigenvalue weighted by Crippen LogP contribution is 2.53.